The van der Waals surface area contributed by atoms with Gasteiger partial charge in [0.2, 0.25) is 0 Å². The normalized spacial score (nSPS) is 11.2. The van der Waals surface area contributed by atoms with Crippen LogP contribution in [0.2, 0.25) is 0 Å². The highest BCUT2D eigenvalue weighted by molar-refractivity contribution is 8.13. The molecule has 0 unspecified atom stereocenters. The molecule has 0 aliphatic rings. The first-order valence-electron chi connectivity index (χ1n) is 14.3. The summed E-state index contributed by atoms with van der Waals surface area (Å²) in [5.41, 5.74) is 8.13. The summed E-state index contributed by atoms with van der Waals surface area (Å²) in [5.74, 6) is 0.672. The van der Waals surface area contributed by atoms with Crippen LogP contribution >= 0.6 is 11.8 Å². The molecule has 0 radical (unpaired) electrons. The standard InChI is InChI=1S/C26H51N3O12S/c1-26(30)42-25-24-41-23-22-40-21-20-39-19-18-38-17-16-37-15-14-36-13-12-35-11-10-34-9-8-33-7-6-32-5-4-31-3-2-28-29-27/h2-25H2,1H3. The van der Waals surface area contributed by atoms with E-state index in [4.69, 9.17) is 57.6 Å². The van der Waals surface area contributed by atoms with Gasteiger partial charge >= 0.3 is 0 Å². The van der Waals surface area contributed by atoms with Crippen LogP contribution in [0.3, 0.4) is 0 Å². The zero-order chi connectivity index (χ0) is 30.4. The van der Waals surface area contributed by atoms with Crippen LogP contribution < -0.4 is 0 Å². The van der Waals surface area contributed by atoms with Crippen LogP contribution in [-0.4, -0.2) is 163 Å². The number of hydrogen-bond donors (Lipinski definition) is 0. The molecule has 0 bridgehead atoms. The Kier molecular flexibility index (Phi) is 36.9. The lowest BCUT2D eigenvalue weighted by atomic mass is 10.6. The minimum atomic E-state index is 0.103. The van der Waals surface area contributed by atoms with Crippen LogP contribution in [-0.2, 0) is 56.9 Å². The summed E-state index contributed by atoms with van der Waals surface area (Å²) in [5, 5.41) is 3.47. The van der Waals surface area contributed by atoms with Gasteiger partial charge in [0.25, 0.3) is 0 Å². The first-order valence-corrected chi connectivity index (χ1v) is 15.2. The SMILES string of the molecule is CC(=O)SCCOCCOCCOCCOCCOCCOCCOCCOCCOCCOCCOCCN=[N+]=[N-]. The largest absolute Gasteiger partial charge is 0.379 e. The van der Waals surface area contributed by atoms with Crippen molar-refractivity contribution in [3.05, 3.63) is 10.4 Å². The number of hydrogen-bond acceptors (Lipinski definition) is 14. The Morgan fingerprint density at radius 2 is 0.714 bits per heavy atom. The number of ether oxygens (including phenoxy) is 11. The van der Waals surface area contributed by atoms with Crippen LogP contribution in [0.1, 0.15) is 6.92 Å². The van der Waals surface area contributed by atoms with Gasteiger partial charge in [0.1, 0.15) is 0 Å². The van der Waals surface area contributed by atoms with Crippen LogP contribution in [0.25, 0.3) is 10.4 Å². The van der Waals surface area contributed by atoms with Crippen molar-refractivity contribution in [1.29, 1.82) is 0 Å². The minimum Gasteiger partial charge on any atom is -0.379 e. The molecule has 0 amide bonds. The Morgan fingerprint density at radius 3 is 0.952 bits per heavy atom. The molecule has 42 heavy (non-hydrogen) atoms. The van der Waals surface area contributed by atoms with Gasteiger partial charge in [-0.1, -0.05) is 16.9 Å². The molecule has 0 atom stereocenters. The van der Waals surface area contributed by atoms with E-state index in [1.165, 1.54) is 11.8 Å². The summed E-state index contributed by atoms with van der Waals surface area (Å²) in [7, 11) is 0. The van der Waals surface area contributed by atoms with Gasteiger partial charge in [-0.25, -0.2) is 0 Å². The van der Waals surface area contributed by atoms with Crippen molar-refractivity contribution in [3.8, 4) is 0 Å². The third-order valence-electron chi connectivity index (χ3n) is 4.65. The average molecular weight is 630 g/mol. The molecular weight excluding hydrogens is 578 g/mol. The zero-order valence-corrected chi connectivity index (χ0v) is 25.9. The number of thioether (sulfide) groups is 1. The highest BCUT2D eigenvalue weighted by atomic mass is 32.2. The first-order chi connectivity index (χ1) is 20.8. The lowest BCUT2D eigenvalue weighted by molar-refractivity contribution is -0.109. The summed E-state index contributed by atoms with van der Waals surface area (Å²) in [4.78, 5) is 13.4. The molecule has 0 aromatic carbocycles. The number of nitrogens with zero attached hydrogens (tertiary/aromatic N) is 3. The number of carbonyl (C=O) groups excluding carboxylic acids is 1. The van der Waals surface area contributed by atoms with E-state index in [0.717, 1.165) is 0 Å². The molecule has 0 aromatic rings. The van der Waals surface area contributed by atoms with Crippen molar-refractivity contribution in [1.82, 2.24) is 0 Å². The minimum absolute atomic E-state index is 0.103. The van der Waals surface area contributed by atoms with Crippen molar-refractivity contribution in [3.63, 3.8) is 0 Å². The second-order valence-electron chi connectivity index (χ2n) is 8.03. The van der Waals surface area contributed by atoms with Gasteiger partial charge < -0.3 is 52.1 Å². The Morgan fingerprint density at radius 1 is 0.476 bits per heavy atom. The topological polar surface area (TPSA) is 167 Å². The Labute approximate surface area is 254 Å². The molecule has 0 heterocycles. The number of carbonyl (C=O) groups is 1. The van der Waals surface area contributed by atoms with Crippen molar-refractivity contribution in [2.24, 2.45) is 5.11 Å². The molecule has 0 aliphatic carbocycles. The van der Waals surface area contributed by atoms with Gasteiger partial charge in [-0.3, -0.25) is 4.79 Å². The Bertz CT molecular complexity index is 571. The smallest absolute Gasteiger partial charge is 0.185 e. The fraction of sp³-hybridized carbons (Fsp3) is 0.962. The maximum atomic E-state index is 10.8. The average Bonchev–Trinajstić information content (AvgIpc) is 2.98. The molecule has 0 aliphatic heterocycles. The molecule has 0 spiro atoms. The van der Waals surface area contributed by atoms with Crippen molar-refractivity contribution < 1.29 is 56.9 Å². The maximum absolute atomic E-state index is 10.8. The predicted molar refractivity (Wildman–Crippen MR) is 156 cm³/mol. The Balaban J connectivity index is 3.04. The van der Waals surface area contributed by atoms with E-state index in [-0.39, 0.29) is 5.12 Å². The third-order valence-corrected chi connectivity index (χ3v) is 5.43. The molecular formula is C26H51N3O12S. The predicted octanol–water partition coefficient (Wildman–Crippen LogP) is 1.76. The van der Waals surface area contributed by atoms with E-state index in [9.17, 15) is 4.79 Å². The van der Waals surface area contributed by atoms with E-state index < -0.39 is 0 Å². The van der Waals surface area contributed by atoms with Crippen molar-refractivity contribution >= 4 is 16.9 Å². The molecule has 0 N–H and O–H groups in total. The molecule has 15 nitrogen and oxygen atoms in total. The second kappa shape index (κ2) is 37.9. The Hall–Kier alpha value is -1.11. The lowest BCUT2D eigenvalue weighted by Gasteiger charge is -2.09. The molecule has 248 valence electrons. The summed E-state index contributed by atoms with van der Waals surface area (Å²) < 4.78 is 59.4. The first kappa shape index (κ1) is 40.9. The van der Waals surface area contributed by atoms with E-state index in [2.05, 4.69) is 10.0 Å². The third kappa shape index (κ3) is 38.9. The highest BCUT2D eigenvalue weighted by Gasteiger charge is 1.97. The van der Waals surface area contributed by atoms with Crippen molar-refractivity contribution in [2.75, 3.05) is 158 Å². The molecule has 0 fully saturated rings. The summed E-state index contributed by atoms with van der Waals surface area (Å²) >= 11 is 1.26. The van der Waals surface area contributed by atoms with Crippen LogP contribution in [0.15, 0.2) is 5.11 Å². The van der Waals surface area contributed by atoms with Crippen LogP contribution in [0.4, 0.5) is 0 Å². The summed E-state index contributed by atoms with van der Waals surface area (Å²) in [6, 6.07) is 0. The monoisotopic (exact) mass is 629 g/mol. The zero-order valence-electron chi connectivity index (χ0n) is 25.1. The fourth-order valence-electron chi connectivity index (χ4n) is 2.70. The van der Waals surface area contributed by atoms with Crippen LogP contribution in [0, 0.1) is 0 Å². The summed E-state index contributed by atoms with van der Waals surface area (Å²) in [6.07, 6.45) is 0. The maximum Gasteiger partial charge on any atom is 0.185 e. The number of rotatable bonds is 36. The van der Waals surface area contributed by atoms with E-state index >= 15 is 0 Å². The van der Waals surface area contributed by atoms with Gasteiger partial charge in [0.15, 0.2) is 5.12 Å². The highest BCUT2D eigenvalue weighted by Crippen LogP contribution is 1.99. The van der Waals surface area contributed by atoms with Gasteiger partial charge in [-0.2, -0.15) is 0 Å². The molecule has 0 aromatic heterocycles. The molecule has 0 rings (SSSR count). The quantitative estimate of drug-likeness (QED) is 0.0426. The van der Waals surface area contributed by atoms with Gasteiger partial charge in [-0.15, -0.1) is 0 Å². The molecule has 0 saturated heterocycles. The van der Waals surface area contributed by atoms with E-state index in [1.807, 2.05) is 0 Å². The van der Waals surface area contributed by atoms with Gasteiger partial charge in [0, 0.05) is 24.1 Å². The van der Waals surface area contributed by atoms with Gasteiger partial charge in [-0.05, 0) is 5.53 Å². The molecule has 16 heteroatoms. The lowest BCUT2D eigenvalue weighted by Crippen LogP contribution is -2.15. The molecule has 0 saturated carbocycles. The number of azide groups is 1. The summed E-state index contributed by atoms with van der Waals surface area (Å²) in [6.45, 7) is 12.7. The van der Waals surface area contributed by atoms with Gasteiger partial charge in [0.05, 0.1) is 145 Å². The second-order valence-corrected chi connectivity index (χ2v) is 9.30. The van der Waals surface area contributed by atoms with E-state index in [1.54, 1.807) is 6.92 Å². The van der Waals surface area contributed by atoms with Crippen LogP contribution in [0.5, 0.6) is 0 Å². The fourth-order valence-corrected chi connectivity index (χ4v) is 3.18. The van der Waals surface area contributed by atoms with Crippen molar-refractivity contribution in [2.45, 2.75) is 6.92 Å². The van der Waals surface area contributed by atoms with E-state index in [0.29, 0.717) is 158 Å².